The fourth-order valence-corrected chi connectivity index (χ4v) is 1.78. The van der Waals surface area contributed by atoms with E-state index in [1.807, 2.05) is 12.1 Å². The molecule has 2 aromatic rings. The number of furan rings is 1. The maximum atomic E-state index is 5.62. The van der Waals surface area contributed by atoms with Crippen molar-refractivity contribution in [3.05, 3.63) is 47.7 Å². The molecule has 0 unspecified atom stereocenters. The smallest absolute Gasteiger partial charge is 0.134 e. The summed E-state index contributed by atoms with van der Waals surface area (Å²) in [5.74, 6) is 1.70. The van der Waals surface area contributed by atoms with Crippen molar-refractivity contribution < 1.29 is 4.42 Å². The Bertz CT molecular complexity index is 488. The van der Waals surface area contributed by atoms with Gasteiger partial charge in [0.05, 0.1) is 6.54 Å². The van der Waals surface area contributed by atoms with Gasteiger partial charge in [-0.25, -0.2) is 0 Å². The van der Waals surface area contributed by atoms with Crippen LogP contribution in [0.1, 0.15) is 32.1 Å². The molecule has 2 N–H and O–H groups in total. The SMILES string of the molecule is CC(C)(C)c1ccc(-c2ccc(CN)o2)cc1. The lowest BCUT2D eigenvalue weighted by atomic mass is 9.86. The molecule has 0 radical (unpaired) electrons. The van der Waals surface area contributed by atoms with Gasteiger partial charge >= 0.3 is 0 Å². The predicted octanol–water partition coefficient (Wildman–Crippen LogP) is 3.70. The highest BCUT2D eigenvalue weighted by Gasteiger charge is 2.13. The molecule has 2 heteroatoms. The molecule has 1 heterocycles. The molecule has 1 aromatic heterocycles. The third-order valence-electron chi connectivity index (χ3n) is 2.90. The average molecular weight is 229 g/mol. The molecule has 0 aliphatic rings. The molecule has 0 spiro atoms. The van der Waals surface area contributed by atoms with Gasteiger partial charge in [-0.15, -0.1) is 0 Å². The Morgan fingerprint density at radius 2 is 1.65 bits per heavy atom. The minimum Gasteiger partial charge on any atom is -0.460 e. The summed E-state index contributed by atoms with van der Waals surface area (Å²) in [6, 6.07) is 12.4. The highest BCUT2D eigenvalue weighted by Crippen LogP contribution is 2.27. The van der Waals surface area contributed by atoms with Crippen LogP contribution in [0, 0.1) is 0 Å². The number of hydrogen-bond donors (Lipinski definition) is 1. The van der Waals surface area contributed by atoms with Gasteiger partial charge in [0.2, 0.25) is 0 Å². The van der Waals surface area contributed by atoms with E-state index in [1.54, 1.807) is 0 Å². The monoisotopic (exact) mass is 229 g/mol. The van der Waals surface area contributed by atoms with Gasteiger partial charge in [0.25, 0.3) is 0 Å². The van der Waals surface area contributed by atoms with Crippen molar-refractivity contribution in [3.63, 3.8) is 0 Å². The van der Waals surface area contributed by atoms with Crippen molar-refractivity contribution >= 4 is 0 Å². The summed E-state index contributed by atoms with van der Waals surface area (Å²) in [5.41, 5.74) is 8.13. The first-order valence-corrected chi connectivity index (χ1v) is 5.90. The molecule has 2 rings (SSSR count). The fourth-order valence-electron chi connectivity index (χ4n) is 1.78. The van der Waals surface area contributed by atoms with Gasteiger partial charge in [-0.05, 0) is 23.1 Å². The lowest BCUT2D eigenvalue weighted by molar-refractivity contribution is 0.525. The van der Waals surface area contributed by atoms with Crippen LogP contribution in [-0.4, -0.2) is 0 Å². The van der Waals surface area contributed by atoms with Crippen molar-refractivity contribution in [3.8, 4) is 11.3 Å². The fraction of sp³-hybridized carbons (Fsp3) is 0.333. The van der Waals surface area contributed by atoms with Crippen LogP contribution in [0.2, 0.25) is 0 Å². The number of benzene rings is 1. The van der Waals surface area contributed by atoms with Crippen molar-refractivity contribution in [2.75, 3.05) is 0 Å². The molecule has 0 amide bonds. The molecular weight excluding hydrogens is 210 g/mol. The van der Waals surface area contributed by atoms with E-state index in [-0.39, 0.29) is 5.41 Å². The van der Waals surface area contributed by atoms with Crippen LogP contribution in [0.4, 0.5) is 0 Å². The molecule has 0 fully saturated rings. The van der Waals surface area contributed by atoms with E-state index in [0.29, 0.717) is 6.54 Å². The Morgan fingerprint density at radius 3 is 2.12 bits per heavy atom. The van der Waals surface area contributed by atoms with Gasteiger partial charge < -0.3 is 10.2 Å². The Balaban J connectivity index is 2.29. The van der Waals surface area contributed by atoms with Gasteiger partial charge in [0, 0.05) is 5.56 Å². The first-order valence-electron chi connectivity index (χ1n) is 5.90. The average Bonchev–Trinajstić information content (AvgIpc) is 2.76. The molecule has 0 saturated carbocycles. The molecule has 90 valence electrons. The maximum Gasteiger partial charge on any atom is 0.134 e. The first-order chi connectivity index (χ1) is 8.00. The third kappa shape index (κ3) is 2.59. The summed E-state index contributed by atoms with van der Waals surface area (Å²) in [7, 11) is 0. The highest BCUT2D eigenvalue weighted by atomic mass is 16.3. The summed E-state index contributed by atoms with van der Waals surface area (Å²) < 4.78 is 5.62. The largest absolute Gasteiger partial charge is 0.460 e. The predicted molar refractivity (Wildman–Crippen MR) is 70.7 cm³/mol. The third-order valence-corrected chi connectivity index (χ3v) is 2.90. The van der Waals surface area contributed by atoms with E-state index in [4.69, 9.17) is 10.2 Å². The van der Waals surface area contributed by atoms with Crippen LogP contribution in [0.15, 0.2) is 40.8 Å². The van der Waals surface area contributed by atoms with Crippen LogP contribution in [-0.2, 0) is 12.0 Å². The number of hydrogen-bond acceptors (Lipinski definition) is 2. The van der Waals surface area contributed by atoms with Crippen LogP contribution < -0.4 is 5.73 Å². The van der Waals surface area contributed by atoms with Gasteiger partial charge in [0.15, 0.2) is 0 Å². The van der Waals surface area contributed by atoms with Gasteiger partial charge in [-0.3, -0.25) is 0 Å². The summed E-state index contributed by atoms with van der Waals surface area (Å²) >= 11 is 0. The first kappa shape index (κ1) is 11.9. The summed E-state index contributed by atoms with van der Waals surface area (Å²) in [6.45, 7) is 7.07. The molecule has 0 bridgehead atoms. The minimum atomic E-state index is 0.185. The Kier molecular flexibility index (Phi) is 3.07. The maximum absolute atomic E-state index is 5.62. The van der Waals surface area contributed by atoms with Gasteiger partial charge in [-0.2, -0.15) is 0 Å². The normalized spacial score (nSPS) is 11.8. The molecule has 17 heavy (non-hydrogen) atoms. The van der Waals surface area contributed by atoms with E-state index < -0.39 is 0 Å². The lowest BCUT2D eigenvalue weighted by Crippen LogP contribution is -2.10. The Morgan fingerprint density at radius 1 is 1.00 bits per heavy atom. The van der Waals surface area contributed by atoms with Crippen molar-refractivity contribution in [1.82, 2.24) is 0 Å². The standard InChI is InChI=1S/C15H19NO/c1-15(2,3)12-6-4-11(5-7-12)14-9-8-13(10-16)17-14/h4-9H,10,16H2,1-3H3. The lowest BCUT2D eigenvalue weighted by Gasteiger charge is -2.18. The van der Waals surface area contributed by atoms with Gasteiger partial charge in [0.1, 0.15) is 11.5 Å². The van der Waals surface area contributed by atoms with Gasteiger partial charge in [-0.1, -0.05) is 45.0 Å². The molecule has 0 atom stereocenters. The molecular formula is C15H19NO. The number of rotatable bonds is 2. The van der Waals surface area contributed by atoms with Crippen LogP contribution in [0.25, 0.3) is 11.3 Å². The van der Waals surface area contributed by atoms with Crippen molar-refractivity contribution in [2.24, 2.45) is 5.73 Å². The molecule has 1 aromatic carbocycles. The molecule has 2 nitrogen and oxygen atoms in total. The molecule has 0 saturated heterocycles. The van der Waals surface area contributed by atoms with E-state index in [1.165, 1.54) is 5.56 Å². The van der Waals surface area contributed by atoms with E-state index in [2.05, 4.69) is 45.0 Å². The Hall–Kier alpha value is -1.54. The number of nitrogens with two attached hydrogens (primary N) is 1. The van der Waals surface area contributed by atoms with Crippen LogP contribution >= 0.6 is 0 Å². The second-order valence-corrected chi connectivity index (χ2v) is 5.30. The quantitative estimate of drug-likeness (QED) is 0.852. The van der Waals surface area contributed by atoms with E-state index >= 15 is 0 Å². The second-order valence-electron chi connectivity index (χ2n) is 5.30. The van der Waals surface area contributed by atoms with Crippen LogP contribution in [0.5, 0.6) is 0 Å². The topological polar surface area (TPSA) is 39.2 Å². The highest BCUT2D eigenvalue weighted by molar-refractivity contribution is 5.58. The molecule has 0 aliphatic carbocycles. The summed E-state index contributed by atoms with van der Waals surface area (Å²) in [6.07, 6.45) is 0. The Labute approximate surface area is 102 Å². The van der Waals surface area contributed by atoms with Crippen molar-refractivity contribution in [2.45, 2.75) is 32.7 Å². The zero-order valence-corrected chi connectivity index (χ0v) is 10.7. The summed E-state index contributed by atoms with van der Waals surface area (Å²) in [4.78, 5) is 0. The van der Waals surface area contributed by atoms with E-state index in [9.17, 15) is 0 Å². The van der Waals surface area contributed by atoms with Crippen molar-refractivity contribution in [1.29, 1.82) is 0 Å². The summed E-state index contributed by atoms with van der Waals surface area (Å²) in [5, 5.41) is 0. The zero-order chi connectivity index (χ0) is 12.5. The van der Waals surface area contributed by atoms with Crippen LogP contribution in [0.3, 0.4) is 0 Å². The molecule has 0 aliphatic heterocycles. The van der Waals surface area contributed by atoms with E-state index in [0.717, 1.165) is 17.1 Å². The zero-order valence-electron chi connectivity index (χ0n) is 10.7. The minimum absolute atomic E-state index is 0.185. The second kappa shape index (κ2) is 4.38.